The van der Waals surface area contributed by atoms with Gasteiger partial charge in [0.15, 0.2) is 0 Å². The molecule has 134 valence electrons. The average Bonchev–Trinajstić information content (AvgIpc) is 3.35. The van der Waals surface area contributed by atoms with Crippen LogP contribution in [0.15, 0.2) is 58.5 Å². The van der Waals surface area contributed by atoms with E-state index in [1.54, 1.807) is 11.3 Å². The van der Waals surface area contributed by atoms with Crippen molar-refractivity contribution in [1.82, 2.24) is 4.68 Å². The summed E-state index contributed by atoms with van der Waals surface area (Å²) in [7, 11) is 0. The Bertz CT molecular complexity index is 945. The zero-order valence-electron chi connectivity index (χ0n) is 15.4. The first-order chi connectivity index (χ1) is 12.7. The van der Waals surface area contributed by atoms with Crippen molar-refractivity contribution in [3.8, 4) is 11.3 Å². The van der Waals surface area contributed by atoms with Crippen LogP contribution in [0, 0.1) is 31.6 Å². The zero-order chi connectivity index (χ0) is 18.1. The molecule has 1 saturated carbocycles. The van der Waals surface area contributed by atoms with E-state index in [0.717, 1.165) is 16.4 Å². The third kappa shape index (κ3) is 3.26. The topological polar surface area (TPSA) is 29.6 Å². The molecule has 0 N–H and O–H groups in total. The first-order valence-electron chi connectivity index (χ1n) is 9.28. The van der Waals surface area contributed by atoms with Crippen LogP contribution in [0.1, 0.15) is 24.0 Å². The van der Waals surface area contributed by atoms with Gasteiger partial charge < -0.3 is 0 Å². The van der Waals surface area contributed by atoms with Gasteiger partial charge in [0.25, 0.3) is 0 Å². The predicted octanol–water partition coefficient (Wildman–Crippen LogP) is 4.97. The Balaban J connectivity index is 1.72. The van der Waals surface area contributed by atoms with Crippen LogP contribution in [0.2, 0.25) is 0 Å². The number of rotatable bonds is 5. The molecule has 3 nitrogen and oxygen atoms in total. The Morgan fingerprint density at radius 2 is 2.12 bits per heavy atom. The molecule has 2 aromatic rings. The summed E-state index contributed by atoms with van der Waals surface area (Å²) in [4.78, 5) is 5.56. The Morgan fingerprint density at radius 1 is 1.23 bits per heavy atom. The van der Waals surface area contributed by atoms with E-state index >= 15 is 0 Å². The standard InChI is InChI=1S/C22H25N3S/c1-4-9-23-22-25(24-13-20-12-17-6-8-18(20)11-17)21(14-26-22)19-7-5-15(2)16(3)10-19/h4-8,10,13-14,17-18,20H,1,9,11-12H2,2-3H3. The van der Waals surface area contributed by atoms with E-state index in [0.29, 0.717) is 18.4 Å². The normalized spacial score (nSPS) is 24.8. The number of aromatic nitrogens is 1. The van der Waals surface area contributed by atoms with Gasteiger partial charge in [0.05, 0.1) is 12.2 Å². The molecule has 0 aliphatic heterocycles. The Hall–Kier alpha value is -2.20. The van der Waals surface area contributed by atoms with Crippen LogP contribution in [0.4, 0.5) is 0 Å². The molecule has 2 bridgehead atoms. The highest BCUT2D eigenvalue weighted by molar-refractivity contribution is 7.07. The molecule has 1 aromatic heterocycles. The predicted molar refractivity (Wildman–Crippen MR) is 111 cm³/mol. The van der Waals surface area contributed by atoms with Crippen molar-refractivity contribution in [2.45, 2.75) is 26.7 Å². The summed E-state index contributed by atoms with van der Waals surface area (Å²) in [5.74, 6) is 1.98. The van der Waals surface area contributed by atoms with Gasteiger partial charge in [-0.2, -0.15) is 5.10 Å². The Kier molecular flexibility index (Phi) is 4.77. The van der Waals surface area contributed by atoms with E-state index in [4.69, 9.17) is 5.10 Å². The van der Waals surface area contributed by atoms with Crippen LogP contribution in [0.3, 0.4) is 0 Å². The molecule has 2 aliphatic rings. The van der Waals surface area contributed by atoms with E-state index in [9.17, 15) is 0 Å². The van der Waals surface area contributed by atoms with Gasteiger partial charge in [-0.3, -0.25) is 4.99 Å². The molecule has 3 atom stereocenters. The highest BCUT2D eigenvalue weighted by atomic mass is 32.1. The molecular formula is C22H25N3S. The minimum Gasteiger partial charge on any atom is -0.253 e. The number of thiazole rings is 1. The highest BCUT2D eigenvalue weighted by Gasteiger charge is 2.34. The van der Waals surface area contributed by atoms with E-state index in [1.807, 2.05) is 10.8 Å². The van der Waals surface area contributed by atoms with Crippen LogP contribution >= 0.6 is 11.3 Å². The van der Waals surface area contributed by atoms with E-state index in [2.05, 4.69) is 67.4 Å². The summed E-state index contributed by atoms with van der Waals surface area (Å²) in [6, 6.07) is 6.59. The quantitative estimate of drug-likeness (QED) is 0.530. The highest BCUT2D eigenvalue weighted by Crippen LogP contribution is 2.42. The van der Waals surface area contributed by atoms with Crippen LogP contribution in [-0.2, 0) is 0 Å². The van der Waals surface area contributed by atoms with Gasteiger partial charge in [-0.05, 0) is 55.7 Å². The second-order valence-electron chi connectivity index (χ2n) is 7.35. The van der Waals surface area contributed by atoms with E-state index in [1.165, 1.54) is 29.5 Å². The Morgan fingerprint density at radius 3 is 2.81 bits per heavy atom. The maximum absolute atomic E-state index is 4.89. The lowest BCUT2D eigenvalue weighted by molar-refractivity contribution is 0.589. The number of allylic oxidation sites excluding steroid dienone is 2. The van der Waals surface area contributed by atoms with Crippen molar-refractivity contribution in [3.63, 3.8) is 0 Å². The largest absolute Gasteiger partial charge is 0.253 e. The third-order valence-corrected chi connectivity index (χ3v) is 6.40. The summed E-state index contributed by atoms with van der Waals surface area (Å²) in [5.41, 5.74) is 4.90. The molecule has 4 heteroatoms. The number of nitrogens with zero attached hydrogens (tertiary/aromatic N) is 3. The van der Waals surface area contributed by atoms with Crippen molar-refractivity contribution in [1.29, 1.82) is 0 Å². The van der Waals surface area contributed by atoms with Crippen LogP contribution in [-0.4, -0.2) is 17.4 Å². The molecule has 0 amide bonds. The van der Waals surface area contributed by atoms with Crippen LogP contribution in [0.5, 0.6) is 0 Å². The summed E-state index contributed by atoms with van der Waals surface area (Å²) >= 11 is 1.64. The van der Waals surface area contributed by atoms with E-state index in [-0.39, 0.29) is 0 Å². The number of hydrogen-bond donors (Lipinski definition) is 0. The van der Waals surface area contributed by atoms with Crippen molar-refractivity contribution in [3.05, 3.63) is 64.3 Å². The number of aryl methyl sites for hydroxylation is 2. The summed E-state index contributed by atoms with van der Waals surface area (Å²) in [6.07, 6.45) is 11.2. The molecule has 26 heavy (non-hydrogen) atoms. The maximum atomic E-state index is 4.89. The van der Waals surface area contributed by atoms with Gasteiger partial charge in [-0.1, -0.05) is 30.4 Å². The second-order valence-corrected chi connectivity index (χ2v) is 8.19. The molecule has 0 radical (unpaired) electrons. The fraction of sp³-hybridized carbons (Fsp3) is 0.364. The van der Waals surface area contributed by atoms with Crippen LogP contribution in [0.25, 0.3) is 11.3 Å². The SMILES string of the molecule is C=CCN=c1scc(-c2ccc(C)c(C)c2)n1N=CC1CC2C=CC1C2. The van der Waals surface area contributed by atoms with Gasteiger partial charge in [-0.25, -0.2) is 4.68 Å². The van der Waals surface area contributed by atoms with Crippen molar-refractivity contribution >= 4 is 17.6 Å². The lowest BCUT2D eigenvalue weighted by atomic mass is 9.95. The first kappa shape index (κ1) is 17.2. The van der Waals surface area contributed by atoms with Crippen LogP contribution < -0.4 is 4.80 Å². The number of hydrogen-bond acceptors (Lipinski definition) is 3. The minimum absolute atomic E-state index is 0.553. The van der Waals surface area contributed by atoms with Crippen molar-refractivity contribution in [2.24, 2.45) is 27.8 Å². The van der Waals surface area contributed by atoms with Crippen molar-refractivity contribution in [2.75, 3.05) is 6.54 Å². The maximum Gasteiger partial charge on any atom is 0.206 e. The molecule has 1 aromatic carbocycles. The molecule has 2 aliphatic carbocycles. The fourth-order valence-electron chi connectivity index (χ4n) is 3.91. The average molecular weight is 364 g/mol. The molecule has 4 rings (SSSR count). The van der Waals surface area contributed by atoms with Gasteiger partial charge in [0.2, 0.25) is 4.80 Å². The smallest absolute Gasteiger partial charge is 0.206 e. The van der Waals surface area contributed by atoms with Gasteiger partial charge in [-0.15, -0.1) is 17.9 Å². The zero-order valence-corrected chi connectivity index (χ0v) is 16.2. The lowest BCUT2D eigenvalue weighted by Gasteiger charge is -2.13. The van der Waals surface area contributed by atoms with Gasteiger partial charge >= 0.3 is 0 Å². The lowest BCUT2D eigenvalue weighted by Crippen LogP contribution is -2.15. The minimum atomic E-state index is 0.553. The number of benzene rings is 1. The molecule has 0 spiro atoms. The van der Waals surface area contributed by atoms with E-state index < -0.39 is 0 Å². The summed E-state index contributed by atoms with van der Waals surface area (Å²) in [5, 5.41) is 7.05. The molecule has 1 fully saturated rings. The second kappa shape index (κ2) is 7.20. The monoisotopic (exact) mass is 363 g/mol. The molecular weight excluding hydrogens is 338 g/mol. The summed E-state index contributed by atoms with van der Waals surface area (Å²) in [6.45, 7) is 8.69. The molecule has 0 saturated heterocycles. The third-order valence-electron chi connectivity index (χ3n) is 5.55. The summed E-state index contributed by atoms with van der Waals surface area (Å²) < 4.78 is 2.01. The number of fused-ring (bicyclic) bond motifs is 2. The van der Waals surface area contributed by atoms with Gasteiger partial charge in [0.1, 0.15) is 0 Å². The fourth-order valence-corrected chi connectivity index (χ4v) is 4.76. The first-order valence-corrected chi connectivity index (χ1v) is 10.2. The Labute approximate surface area is 159 Å². The molecule has 1 heterocycles. The van der Waals surface area contributed by atoms with Gasteiger partial charge in [0, 0.05) is 23.1 Å². The van der Waals surface area contributed by atoms with Crippen molar-refractivity contribution < 1.29 is 0 Å². The molecule has 3 unspecified atom stereocenters.